The summed E-state index contributed by atoms with van der Waals surface area (Å²) in [5.74, 6) is -0.260. The average molecular weight is 289 g/mol. The van der Waals surface area contributed by atoms with Crippen LogP contribution in [0.2, 0.25) is 5.02 Å². The van der Waals surface area contributed by atoms with Gasteiger partial charge in [0.15, 0.2) is 0 Å². The highest BCUT2D eigenvalue weighted by atomic mass is 35.5. The molecule has 6 heteroatoms. The van der Waals surface area contributed by atoms with Gasteiger partial charge in [-0.3, -0.25) is 9.00 Å². The van der Waals surface area contributed by atoms with E-state index < -0.39 is 10.8 Å². The summed E-state index contributed by atoms with van der Waals surface area (Å²) in [4.78, 5) is 11.8. The Kier molecular flexibility index (Phi) is 5.62. The first-order valence-electron chi connectivity index (χ1n) is 5.58. The van der Waals surface area contributed by atoms with E-state index in [0.717, 1.165) is 0 Å². The Morgan fingerprint density at radius 3 is 2.83 bits per heavy atom. The lowest BCUT2D eigenvalue weighted by Crippen LogP contribution is -2.28. The minimum absolute atomic E-state index is 0.0574. The monoisotopic (exact) mass is 288 g/mol. The van der Waals surface area contributed by atoms with Crippen molar-refractivity contribution in [1.82, 2.24) is 5.32 Å². The molecule has 0 bridgehead atoms. The number of nitrogens with two attached hydrogens (primary N) is 1. The second kappa shape index (κ2) is 6.75. The predicted octanol–water partition coefficient (Wildman–Crippen LogP) is 1.81. The zero-order valence-electron chi connectivity index (χ0n) is 10.4. The second-order valence-corrected chi connectivity index (χ2v) is 6.26. The zero-order chi connectivity index (χ0) is 13.7. The molecule has 1 amide bonds. The highest BCUT2D eigenvalue weighted by Crippen LogP contribution is 2.22. The molecule has 4 nitrogen and oxygen atoms in total. The van der Waals surface area contributed by atoms with E-state index in [0.29, 0.717) is 23.6 Å². The van der Waals surface area contributed by atoms with Gasteiger partial charge in [0.25, 0.3) is 5.91 Å². The molecule has 3 N–H and O–H groups in total. The predicted molar refractivity (Wildman–Crippen MR) is 76.3 cm³/mol. The molecule has 1 aromatic carbocycles. The van der Waals surface area contributed by atoms with Crippen LogP contribution in [0.3, 0.4) is 0 Å². The highest BCUT2D eigenvalue weighted by molar-refractivity contribution is 7.84. The largest absolute Gasteiger partial charge is 0.397 e. The first-order chi connectivity index (χ1) is 8.43. The second-order valence-electron chi connectivity index (χ2n) is 4.05. The summed E-state index contributed by atoms with van der Waals surface area (Å²) in [5.41, 5.74) is 6.37. The third kappa shape index (κ3) is 3.99. The van der Waals surface area contributed by atoms with Crippen molar-refractivity contribution >= 4 is 34.0 Å². The van der Waals surface area contributed by atoms with Crippen LogP contribution in [0, 0.1) is 0 Å². The summed E-state index contributed by atoms with van der Waals surface area (Å²) < 4.78 is 11.1. The molecular weight excluding hydrogens is 272 g/mol. The molecule has 0 fully saturated rings. The Morgan fingerprint density at radius 2 is 2.22 bits per heavy atom. The van der Waals surface area contributed by atoms with Gasteiger partial charge in [-0.25, -0.2) is 0 Å². The maximum atomic E-state index is 11.8. The van der Waals surface area contributed by atoms with E-state index in [-0.39, 0.29) is 16.8 Å². The molecule has 2 unspecified atom stereocenters. The third-order valence-electron chi connectivity index (χ3n) is 2.70. The molecule has 0 radical (unpaired) electrons. The van der Waals surface area contributed by atoms with Gasteiger partial charge in [0, 0.05) is 28.9 Å². The zero-order valence-corrected chi connectivity index (χ0v) is 12.0. The smallest absolute Gasteiger partial charge is 0.253 e. The fourth-order valence-electron chi connectivity index (χ4n) is 1.39. The molecule has 1 rings (SSSR count). The van der Waals surface area contributed by atoms with Gasteiger partial charge in [-0.05, 0) is 18.6 Å². The number of amides is 1. The van der Waals surface area contributed by atoms with Crippen molar-refractivity contribution in [2.75, 3.05) is 18.5 Å². The number of hydrogen-bond acceptors (Lipinski definition) is 3. The van der Waals surface area contributed by atoms with Crippen LogP contribution in [-0.2, 0) is 10.8 Å². The molecule has 2 atom stereocenters. The SMILES string of the molecule is CC(CCNC(=O)c1cccc(Cl)c1N)S(C)=O. The van der Waals surface area contributed by atoms with Crippen LogP contribution in [0.5, 0.6) is 0 Å². The van der Waals surface area contributed by atoms with Gasteiger partial charge in [-0.1, -0.05) is 24.6 Å². The van der Waals surface area contributed by atoms with Crippen molar-refractivity contribution in [2.45, 2.75) is 18.6 Å². The highest BCUT2D eigenvalue weighted by Gasteiger charge is 2.12. The van der Waals surface area contributed by atoms with Gasteiger partial charge in [-0.2, -0.15) is 0 Å². The lowest BCUT2D eigenvalue weighted by atomic mass is 10.1. The van der Waals surface area contributed by atoms with Crippen molar-refractivity contribution < 1.29 is 9.00 Å². The van der Waals surface area contributed by atoms with E-state index >= 15 is 0 Å². The number of para-hydroxylation sites is 1. The Morgan fingerprint density at radius 1 is 1.56 bits per heavy atom. The van der Waals surface area contributed by atoms with Crippen LogP contribution in [0.1, 0.15) is 23.7 Å². The van der Waals surface area contributed by atoms with E-state index in [1.54, 1.807) is 24.5 Å². The molecule has 0 aliphatic rings. The number of carbonyl (C=O) groups is 1. The molecule has 18 heavy (non-hydrogen) atoms. The van der Waals surface area contributed by atoms with Gasteiger partial charge in [0.1, 0.15) is 0 Å². The summed E-state index contributed by atoms with van der Waals surface area (Å²) in [6, 6.07) is 4.94. The standard InChI is InChI=1S/C12H17ClN2O2S/c1-8(18(2)17)6-7-15-12(16)9-4-3-5-10(13)11(9)14/h3-5,8H,6-7,14H2,1-2H3,(H,15,16). The number of rotatable bonds is 5. The topological polar surface area (TPSA) is 72.2 Å². The molecule has 0 heterocycles. The molecule has 0 saturated heterocycles. The lowest BCUT2D eigenvalue weighted by molar-refractivity contribution is 0.0954. The number of nitrogens with one attached hydrogen (secondary N) is 1. The fourth-order valence-corrected chi connectivity index (χ4v) is 2.01. The third-order valence-corrected chi connectivity index (χ3v) is 4.40. The van der Waals surface area contributed by atoms with Gasteiger partial charge in [-0.15, -0.1) is 0 Å². The summed E-state index contributed by atoms with van der Waals surface area (Å²) >= 11 is 5.84. The lowest BCUT2D eigenvalue weighted by Gasteiger charge is -2.10. The molecule has 0 spiro atoms. The molecule has 100 valence electrons. The van der Waals surface area contributed by atoms with E-state index in [4.69, 9.17) is 17.3 Å². The minimum Gasteiger partial charge on any atom is -0.397 e. The van der Waals surface area contributed by atoms with Crippen LogP contribution in [0.15, 0.2) is 18.2 Å². The summed E-state index contributed by atoms with van der Waals surface area (Å²) in [5, 5.41) is 3.16. The number of benzene rings is 1. The van der Waals surface area contributed by atoms with Crippen molar-refractivity contribution in [3.63, 3.8) is 0 Å². The number of anilines is 1. The van der Waals surface area contributed by atoms with Crippen molar-refractivity contribution in [3.05, 3.63) is 28.8 Å². The molecule has 0 saturated carbocycles. The number of carbonyl (C=O) groups excluding carboxylic acids is 1. The molecule has 0 aromatic heterocycles. The Bertz CT molecular complexity index is 465. The van der Waals surface area contributed by atoms with E-state index in [9.17, 15) is 9.00 Å². The number of halogens is 1. The van der Waals surface area contributed by atoms with E-state index in [1.807, 2.05) is 6.92 Å². The Hall–Kier alpha value is -1.07. The molecule has 0 aliphatic carbocycles. The van der Waals surface area contributed by atoms with Crippen LogP contribution < -0.4 is 11.1 Å². The fraction of sp³-hybridized carbons (Fsp3) is 0.417. The van der Waals surface area contributed by atoms with E-state index in [2.05, 4.69) is 5.32 Å². The first kappa shape index (κ1) is 15.0. The minimum atomic E-state index is -0.875. The summed E-state index contributed by atoms with van der Waals surface area (Å²) in [6.07, 6.45) is 2.32. The van der Waals surface area contributed by atoms with E-state index in [1.165, 1.54) is 0 Å². The number of hydrogen-bond donors (Lipinski definition) is 2. The molecule has 0 aliphatic heterocycles. The Balaban J connectivity index is 2.56. The first-order valence-corrected chi connectivity index (χ1v) is 7.57. The van der Waals surface area contributed by atoms with Gasteiger partial charge < -0.3 is 11.1 Å². The van der Waals surface area contributed by atoms with Gasteiger partial charge >= 0.3 is 0 Å². The molecular formula is C12H17ClN2O2S. The van der Waals surface area contributed by atoms with Gasteiger partial charge in [0.05, 0.1) is 16.3 Å². The normalized spacial score (nSPS) is 13.9. The maximum absolute atomic E-state index is 11.8. The van der Waals surface area contributed by atoms with Crippen LogP contribution in [0.25, 0.3) is 0 Å². The van der Waals surface area contributed by atoms with Crippen molar-refractivity contribution in [1.29, 1.82) is 0 Å². The maximum Gasteiger partial charge on any atom is 0.253 e. The summed E-state index contributed by atoms with van der Waals surface area (Å²) in [6.45, 7) is 2.35. The van der Waals surface area contributed by atoms with Crippen LogP contribution >= 0.6 is 11.6 Å². The number of nitrogen functional groups attached to an aromatic ring is 1. The summed E-state index contributed by atoms with van der Waals surface area (Å²) in [7, 11) is -0.875. The van der Waals surface area contributed by atoms with Crippen molar-refractivity contribution in [3.8, 4) is 0 Å². The van der Waals surface area contributed by atoms with Gasteiger partial charge in [0.2, 0.25) is 0 Å². The van der Waals surface area contributed by atoms with Crippen LogP contribution in [-0.4, -0.2) is 28.2 Å². The van der Waals surface area contributed by atoms with Crippen molar-refractivity contribution in [2.24, 2.45) is 0 Å². The molecule has 1 aromatic rings. The quantitative estimate of drug-likeness (QED) is 0.812. The van der Waals surface area contributed by atoms with Crippen LogP contribution in [0.4, 0.5) is 5.69 Å². The average Bonchev–Trinajstić information content (AvgIpc) is 2.32. The Labute approximate surface area is 114 Å².